The Labute approximate surface area is 72.4 Å². The van der Waals surface area contributed by atoms with Crippen LogP contribution in [-0.2, 0) is 0 Å². The summed E-state index contributed by atoms with van der Waals surface area (Å²) in [6, 6.07) is 5.77. The highest BCUT2D eigenvalue weighted by Crippen LogP contribution is 2.21. The van der Waals surface area contributed by atoms with E-state index in [1.807, 2.05) is 25.1 Å². The Morgan fingerprint density at radius 1 is 1.50 bits per heavy atom. The molecule has 0 aliphatic heterocycles. The van der Waals surface area contributed by atoms with Gasteiger partial charge in [0, 0.05) is 6.21 Å². The van der Waals surface area contributed by atoms with Gasteiger partial charge in [-0.15, -0.1) is 0 Å². The van der Waals surface area contributed by atoms with E-state index in [9.17, 15) is 0 Å². The van der Waals surface area contributed by atoms with Gasteiger partial charge in [0.2, 0.25) is 0 Å². The summed E-state index contributed by atoms with van der Waals surface area (Å²) in [5.41, 5.74) is 8.35. The van der Waals surface area contributed by atoms with Crippen LogP contribution in [0.3, 0.4) is 0 Å². The second-order valence-corrected chi connectivity index (χ2v) is 2.58. The van der Waals surface area contributed by atoms with Gasteiger partial charge >= 0.3 is 0 Å². The molecular formula is C10H12N2. The smallest absolute Gasteiger partial charge is 0.0859 e. The van der Waals surface area contributed by atoms with E-state index in [4.69, 9.17) is 5.73 Å². The molecular weight excluding hydrogens is 148 g/mol. The number of aliphatic imine (C=N–C) groups is 1. The zero-order valence-corrected chi connectivity index (χ0v) is 7.12. The topological polar surface area (TPSA) is 38.4 Å². The first kappa shape index (κ1) is 8.53. The average Bonchev–Trinajstić information content (AvgIpc) is 2.03. The Morgan fingerprint density at radius 2 is 2.25 bits per heavy atom. The van der Waals surface area contributed by atoms with Gasteiger partial charge < -0.3 is 5.73 Å². The molecule has 0 spiro atoms. The number of anilines is 1. The van der Waals surface area contributed by atoms with E-state index < -0.39 is 0 Å². The van der Waals surface area contributed by atoms with Crippen LogP contribution in [0.4, 0.5) is 11.4 Å². The lowest BCUT2D eigenvalue weighted by Gasteiger charge is -1.99. The third-order valence-electron chi connectivity index (χ3n) is 1.50. The highest BCUT2D eigenvalue weighted by Gasteiger charge is 1.94. The van der Waals surface area contributed by atoms with Crippen LogP contribution >= 0.6 is 0 Å². The van der Waals surface area contributed by atoms with Crippen molar-refractivity contribution < 1.29 is 0 Å². The minimum atomic E-state index is 0.702. The van der Waals surface area contributed by atoms with Crippen molar-refractivity contribution in [2.24, 2.45) is 4.99 Å². The number of nitrogens with two attached hydrogens (primary N) is 1. The SMILES string of the molecule is C=C/C=N\c1ccc(C)cc1N. The van der Waals surface area contributed by atoms with Gasteiger partial charge in [0.05, 0.1) is 11.4 Å². The lowest BCUT2D eigenvalue weighted by molar-refractivity contribution is 1.44. The van der Waals surface area contributed by atoms with E-state index in [-0.39, 0.29) is 0 Å². The summed E-state index contributed by atoms with van der Waals surface area (Å²) in [5.74, 6) is 0. The Morgan fingerprint density at radius 3 is 2.83 bits per heavy atom. The van der Waals surface area contributed by atoms with Crippen LogP contribution in [0.5, 0.6) is 0 Å². The third kappa shape index (κ3) is 1.95. The first-order valence-electron chi connectivity index (χ1n) is 3.75. The summed E-state index contributed by atoms with van der Waals surface area (Å²) >= 11 is 0. The predicted molar refractivity (Wildman–Crippen MR) is 53.9 cm³/mol. The minimum absolute atomic E-state index is 0.702. The van der Waals surface area contributed by atoms with Crippen molar-refractivity contribution in [2.75, 3.05) is 5.73 Å². The van der Waals surface area contributed by atoms with Crippen LogP contribution in [-0.4, -0.2) is 6.21 Å². The number of hydrogen-bond acceptors (Lipinski definition) is 2. The fourth-order valence-corrected chi connectivity index (χ4v) is 0.925. The van der Waals surface area contributed by atoms with Gasteiger partial charge in [0.15, 0.2) is 0 Å². The van der Waals surface area contributed by atoms with E-state index in [2.05, 4.69) is 11.6 Å². The van der Waals surface area contributed by atoms with Crippen molar-refractivity contribution >= 4 is 17.6 Å². The standard InChI is InChI=1S/C10H12N2/c1-3-6-12-10-5-4-8(2)7-9(10)11/h3-7H,1,11H2,2H3/b12-6-. The number of nitrogens with zero attached hydrogens (tertiary/aromatic N) is 1. The molecule has 1 rings (SSSR count). The molecule has 0 unspecified atom stereocenters. The van der Waals surface area contributed by atoms with Crippen molar-refractivity contribution in [1.29, 1.82) is 0 Å². The Bertz CT molecular complexity index is 314. The highest BCUT2D eigenvalue weighted by molar-refractivity contribution is 5.77. The molecule has 0 fully saturated rings. The quantitative estimate of drug-likeness (QED) is 0.523. The van der Waals surface area contributed by atoms with Crippen molar-refractivity contribution in [3.63, 3.8) is 0 Å². The third-order valence-corrected chi connectivity index (χ3v) is 1.50. The molecule has 0 aromatic heterocycles. The normalized spacial score (nSPS) is 10.4. The molecule has 0 saturated heterocycles. The lowest BCUT2D eigenvalue weighted by Crippen LogP contribution is -1.85. The van der Waals surface area contributed by atoms with Gasteiger partial charge in [-0.05, 0) is 24.6 Å². The Balaban J connectivity index is 3.01. The van der Waals surface area contributed by atoms with Crippen LogP contribution < -0.4 is 5.73 Å². The number of hydrogen-bond donors (Lipinski definition) is 1. The largest absolute Gasteiger partial charge is 0.397 e. The molecule has 0 amide bonds. The summed E-state index contributed by atoms with van der Waals surface area (Å²) in [7, 11) is 0. The van der Waals surface area contributed by atoms with Gasteiger partial charge in [-0.3, -0.25) is 4.99 Å². The van der Waals surface area contributed by atoms with Crippen LogP contribution in [0.15, 0.2) is 35.8 Å². The maximum absolute atomic E-state index is 5.71. The Hall–Kier alpha value is -1.57. The summed E-state index contributed by atoms with van der Waals surface area (Å²) in [4.78, 5) is 4.10. The van der Waals surface area contributed by atoms with Gasteiger partial charge in [0.25, 0.3) is 0 Å². The summed E-state index contributed by atoms with van der Waals surface area (Å²) in [6.45, 7) is 5.53. The van der Waals surface area contributed by atoms with Gasteiger partial charge in [0.1, 0.15) is 0 Å². The number of nitrogen functional groups attached to an aromatic ring is 1. The number of aryl methyl sites for hydroxylation is 1. The molecule has 2 heteroatoms. The maximum atomic E-state index is 5.71. The van der Waals surface area contributed by atoms with Gasteiger partial charge in [-0.1, -0.05) is 18.7 Å². The van der Waals surface area contributed by atoms with Crippen LogP contribution in [0.2, 0.25) is 0 Å². The van der Waals surface area contributed by atoms with Gasteiger partial charge in [-0.25, -0.2) is 0 Å². The lowest BCUT2D eigenvalue weighted by atomic mass is 10.2. The molecule has 62 valence electrons. The summed E-state index contributed by atoms with van der Waals surface area (Å²) in [6.07, 6.45) is 3.25. The zero-order chi connectivity index (χ0) is 8.97. The molecule has 0 aliphatic carbocycles. The van der Waals surface area contributed by atoms with Crippen molar-refractivity contribution in [1.82, 2.24) is 0 Å². The van der Waals surface area contributed by atoms with Crippen LogP contribution in [0, 0.1) is 6.92 Å². The van der Waals surface area contributed by atoms with Crippen molar-refractivity contribution in [2.45, 2.75) is 6.92 Å². The monoisotopic (exact) mass is 160 g/mol. The fraction of sp³-hybridized carbons (Fsp3) is 0.100. The minimum Gasteiger partial charge on any atom is -0.397 e. The van der Waals surface area contributed by atoms with E-state index in [0.717, 1.165) is 11.3 Å². The molecule has 1 aromatic carbocycles. The average molecular weight is 160 g/mol. The number of allylic oxidation sites excluding steroid dienone is 1. The summed E-state index contributed by atoms with van der Waals surface area (Å²) in [5, 5.41) is 0. The van der Waals surface area contributed by atoms with E-state index in [1.165, 1.54) is 0 Å². The molecule has 0 bridgehead atoms. The predicted octanol–water partition coefficient (Wildman–Crippen LogP) is 2.47. The first-order valence-corrected chi connectivity index (χ1v) is 3.75. The van der Waals surface area contributed by atoms with E-state index in [0.29, 0.717) is 5.69 Å². The molecule has 0 heterocycles. The van der Waals surface area contributed by atoms with Crippen molar-refractivity contribution in [3.05, 3.63) is 36.4 Å². The van der Waals surface area contributed by atoms with E-state index in [1.54, 1.807) is 12.3 Å². The summed E-state index contributed by atoms with van der Waals surface area (Å²) < 4.78 is 0. The Kier molecular flexibility index (Phi) is 2.64. The molecule has 0 saturated carbocycles. The second kappa shape index (κ2) is 3.72. The molecule has 1 aromatic rings. The highest BCUT2D eigenvalue weighted by atomic mass is 14.8. The number of benzene rings is 1. The first-order chi connectivity index (χ1) is 5.74. The van der Waals surface area contributed by atoms with E-state index >= 15 is 0 Å². The molecule has 2 N–H and O–H groups in total. The molecule has 0 aliphatic rings. The van der Waals surface area contributed by atoms with Crippen LogP contribution in [0.25, 0.3) is 0 Å². The maximum Gasteiger partial charge on any atom is 0.0859 e. The molecule has 0 radical (unpaired) electrons. The van der Waals surface area contributed by atoms with Gasteiger partial charge in [-0.2, -0.15) is 0 Å². The fourth-order valence-electron chi connectivity index (χ4n) is 0.925. The number of rotatable bonds is 2. The van der Waals surface area contributed by atoms with Crippen LogP contribution in [0.1, 0.15) is 5.56 Å². The van der Waals surface area contributed by atoms with Crippen molar-refractivity contribution in [3.8, 4) is 0 Å². The second-order valence-electron chi connectivity index (χ2n) is 2.58. The molecule has 0 atom stereocenters. The molecule has 12 heavy (non-hydrogen) atoms. The molecule has 2 nitrogen and oxygen atoms in total. The zero-order valence-electron chi connectivity index (χ0n) is 7.12.